The summed E-state index contributed by atoms with van der Waals surface area (Å²) in [6, 6.07) is 8.58. The molecule has 0 bridgehead atoms. The highest BCUT2D eigenvalue weighted by molar-refractivity contribution is 9.09. The maximum absolute atomic E-state index is 12.9. The quantitative estimate of drug-likeness (QED) is 0.180. The molecule has 1 aromatic rings. The molecule has 180 valence electrons. The lowest BCUT2D eigenvalue weighted by Gasteiger charge is -2.29. The van der Waals surface area contributed by atoms with Crippen LogP contribution in [0.3, 0.4) is 0 Å². The third kappa shape index (κ3) is 9.26. The Hall–Kier alpha value is -1.34. The van der Waals surface area contributed by atoms with Gasteiger partial charge in [-0.15, -0.1) is 11.8 Å². The monoisotopic (exact) mass is 528 g/mol. The summed E-state index contributed by atoms with van der Waals surface area (Å²) in [5.74, 6) is 1.55. The molecule has 0 aliphatic heterocycles. The van der Waals surface area contributed by atoms with Crippen molar-refractivity contribution >= 4 is 45.9 Å². The highest BCUT2D eigenvalue weighted by Crippen LogP contribution is 2.52. The summed E-state index contributed by atoms with van der Waals surface area (Å²) in [6.07, 6.45) is 7.65. The second kappa shape index (κ2) is 14.7. The zero-order valence-corrected chi connectivity index (χ0v) is 22.2. The van der Waals surface area contributed by atoms with Crippen LogP contribution in [0, 0.1) is 5.41 Å². The van der Waals surface area contributed by atoms with Crippen LogP contribution in [-0.2, 0) is 35.7 Å². The molecule has 1 aromatic carbocycles. The van der Waals surface area contributed by atoms with Gasteiger partial charge in [0.1, 0.15) is 0 Å². The minimum atomic E-state index is -0.442. The number of carbonyl (C=O) groups excluding carboxylic acids is 3. The molecule has 1 fully saturated rings. The Kier molecular flexibility index (Phi) is 13.2. The Balaban J connectivity index is 0.00000118. The van der Waals surface area contributed by atoms with Crippen LogP contribution in [-0.4, -0.2) is 49.3 Å². The number of methoxy groups -OCH3 is 2. The smallest absolute Gasteiger partial charge is 0.315 e. The van der Waals surface area contributed by atoms with Gasteiger partial charge in [-0.2, -0.15) is 0 Å². The first-order valence-electron chi connectivity index (χ1n) is 11.1. The number of aryl methyl sites for hydroxylation is 1. The van der Waals surface area contributed by atoms with Crippen molar-refractivity contribution in [3.8, 4) is 0 Å². The van der Waals surface area contributed by atoms with Crippen LogP contribution in [0.4, 0.5) is 0 Å². The van der Waals surface area contributed by atoms with Gasteiger partial charge in [-0.05, 0) is 61.3 Å². The van der Waals surface area contributed by atoms with E-state index in [9.17, 15) is 9.59 Å². The van der Waals surface area contributed by atoms with Crippen LogP contribution in [0.1, 0.15) is 63.5 Å². The molecule has 5 nitrogen and oxygen atoms in total. The first-order valence-corrected chi connectivity index (χ1v) is 13.4. The predicted molar refractivity (Wildman–Crippen MR) is 135 cm³/mol. The van der Waals surface area contributed by atoms with Crippen molar-refractivity contribution in [2.75, 3.05) is 31.1 Å². The fourth-order valence-corrected chi connectivity index (χ4v) is 5.69. The van der Waals surface area contributed by atoms with Crippen molar-refractivity contribution < 1.29 is 23.9 Å². The summed E-state index contributed by atoms with van der Waals surface area (Å²) in [5.41, 5.74) is 2.38. The Morgan fingerprint density at radius 3 is 2.50 bits per heavy atom. The van der Waals surface area contributed by atoms with Gasteiger partial charge < -0.3 is 9.47 Å². The number of Topliss-reactive ketones (excluding diaryl/α,β-unsaturated/α-hetero) is 1. The number of thioether (sulfide) groups is 1. The van der Waals surface area contributed by atoms with Crippen molar-refractivity contribution in [3.05, 3.63) is 35.4 Å². The van der Waals surface area contributed by atoms with Gasteiger partial charge in [-0.1, -0.05) is 60.0 Å². The summed E-state index contributed by atoms with van der Waals surface area (Å²) in [5, 5.41) is 0.391. The molecule has 0 radical (unpaired) electrons. The molecule has 7 heteroatoms. The number of carbonyl (C=O) groups is 3. The van der Waals surface area contributed by atoms with Crippen molar-refractivity contribution in [1.29, 1.82) is 0 Å². The summed E-state index contributed by atoms with van der Waals surface area (Å²) >= 11 is 5.08. The molecule has 0 saturated heterocycles. The van der Waals surface area contributed by atoms with E-state index in [0.29, 0.717) is 23.0 Å². The van der Waals surface area contributed by atoms with Crippen LogP contribution in [0.15, 0.2) is 24.3 Å². The fourth-order valence-electron chi connectivity index (χ4n) is 3.82. The van der Waals surface area contributed by atoms with Crippen molar-refractivity contribution in [3.63, 3.8) is 0 Å². The van der Waals surface area contributed by atoms with E-state index < -0.39 is 5.41 Å². The van der Waals surface area contributed by atoms with E-state index in [0.717, 1.165) is 43.4 Å². The number of halogens is 1. The topological polar surface area (TPSA) is 69.7 Å². The van der Waals surface area contributed by atoms with Crippen LogP contribution in [0.25, 0.3) is 0 Å². The highest BCUT2D eigenvalue weighted by atomic mass is 79.9. The SMILES string of the molecule is CCCc1cccc(C(C)(CCCC2(CSCC(=O)OC)CC2)C(=O)CBr)c1.COC=O. The fraction of sp³-hybridized carbons (Fsp3) is 0.640. The molecule has 1 saturated carbocycles. The molecule has 0 aromatic heterocycles. The minimum Gasteiger partial charge on any atom is -0.471 e. The molecular formula is C25H37BrO5S. The van der Waals surface area contributed by atoms with Gasteiger partial charge in [0.05, 0.1) is 30.7 Å². The normalized spacial score (nSPS) is 15.5. The molecule has 0 heterocycles. The van der Waals surface area contributed by atoms with E-state index in [4.69, 9.17) is 9.53 Å². The largest absolute Gasteiger partial charge is 0.471 e. The molecule has 1 aliphatic rings. The standard InChI is InChI=1S/C23H33BrO3S.C2H4O2/c1-4-7-18-8-5-9-19(14-18)22(2,20(25)15-24)10-6-11-23(12-13-23)17-28-16-21(26)27-3;1-4-2-3/h5,8-9,14H,4,6-7,10-13,15-17H2,1-3H3;2H,1H3. The van der Waals surface area contributed by atoms with Gasteiger partial charge >= 0.3 is 5.97 Å². The maximum Gasteiger partial charge on any atom is 0.315 e. The van der Waals surface area contributed by atoms with Gasteiger partial charge in [0.15, 0.2) is 5.78 Å². The minimum absolute atomic E-state index is 0.150. The van der Waals surface area contributed by atoms with Gasteiger partial charge in [-0.3, -0.25) is 14.4 Å². The Morgan fingerprint density at radius 1 is 1.28 bits per heavy atom. The number of alkyl halides is 1. The van der Waals surface area contributed by atoms with E-state index in [-0.39, 0.29) is 11.8 Å². The Morgan fingerprint density at radius 2 is 1.97 bits per heavy atom. The average molecular weight is 530 g/mol. The number of ether oxygens (including phenoxy) is 2. The van der Waals surface area contributed by atoms with Crippen LogP contribution < -0.4 is 0 Å². The van der Waals surface area contributed by atoms with Crippen molar-refractivity contribution in [2.24, 2.45) is 5.41 Å². The van der Waals surface area contributed by atoms with Gasteiger partial charge in [0.25, 0.3) is 6.47 Å². The molecule has 0 N–H and O–H groups in total. The molecule has 1 atom stereocenters. The molecule has 2 rings (SSSR count). The highest BCUT2D eigenvalue weighted by Gasteiger charge is 2.43. The lowest BCUT2D eigenvalue weighted by atomic mass is 9.74. The number of rotatable bonds is 14. The molecule has 32 heavy (non-hydrogen) atoms. The van der Waals surface area contributed by atoms with Crippen molar-refractivity contribution in [1.82, 2.24) is 0 Å². The second-order valence-corrected chi connectivity index (χ2v) is 10.1. The van der Waals surface area contributed by atoms with E-state index in [1.54, 1.807) is 11.8 Å². The van der Waals surface area contributed by atoms with Gasteiger partial charge in [0.2, 0.25) is 0 Å². The zero-order valence-electron chi connectivity index (χ0n) is 19.8. The first-order chi connectivity index (χ1) is 15.3. The average Bonchev–Trinajstić information content (AvgIpc) is 3.58. The lowest BCUT2D eigenvalue weighted by Crippen LogP contribution is -2.34. The van der Waals surface area contributed by atoms with E-state index >= 15 is 0 Å². The summed E-state index contributed by atoms with van der Waals surface area (Å²) < 4.78 is 8.59. The maximum atomic E-state index is 12.9. The van der Waals surface area contributed by atoms with Crippen molar-refractivity contribution in [2.45, 2.75) is 64.2 Å². The van der Waals surface area contributed by atoms with E-state index in [1.807, 2.05) is 0 Å². The van der Waals surface area contributed by atoms with Crippen LogP contribution >= 0.6 is 27.7 Å². The number of esters is 1. The van der Waals surface area contributed by atoms with E-state index in [1.165, 1.54) is 32.6 Å². The predicted octanol–water partition coefficient (Wildman–Crippen LogP) is 5.51. The number of ketones is 1. The second-order valence-electron chi connectivity index (χ2n) is 8.59. The van der Waals surface area contributed by atoms with Crippen LogP contribution in [0.2, 0.25) is 0 Å². The lowest BCUT2D eigenvalue weighted by molar-refractivity contribution is -0.137. The van der Waals surface area contributed by atoms with Gasteiger partial charge in [-0.25, -0.2) is 0 Å². The van der Waals surface area contributed by atoms with E-state index in [2.05, 4.69) is 58.8 Å². The third-order valence-corrected chi connectivity index (χ3v) is 7.90. The Labute approximate surface area is 205 Å². The zero-order chi connectivity index (χ0) is 24.0. The molecule has 0 spiro atoms. The third-order valence-electron chi connectivity index (χ3n) is 6.13. The number of hydrogen-bond acceptors (Lipinski definition) is 6. The molecule has 1 unspecified atom stereocenters. The summed E-state index contributed by atoms with van der Waals surface area (Å²) in [6.45, 7) is 4.66. The number of benzene rings is 1. The van der Waals surface area contributed by atoms with Crippen LogP contribution in [0.5, 0.6) is 0 Å². The summed E-state index contributed by atoms with van der Waals surface area (Å²) in [7, 11) is 2.75. The molecule has 0 amide bonds. The first kappa shape index (κ1) is 28.7. The summed E-state index contributed by atoms with van der Waals surface area (Å²) in [4.78, 5) is 33.1. The Bertz CT molecular complexity index is 735. The molecule has 1 aliphatic carbocycles. The van der Waals surface area contributed by atoms with Gasteiger partial charge in [0, 0.05) is 0 Å². The number of hydrogen-bond donors (Lipinski definition) is 0. The molecular weight excluding hydrogens is 492 g/mol.